The van der Waals surface area contributed by atoms with E-state index in [-0.39, 0.29) is 17.9 Å². The molecule has 2 N–H and O–H groups in total. The highest BCUT2D eigenvalue weighted by Crippen LogP contribution is 2.20. The Labute approximate surface area is 164 Å². The molecule has 0 aliphatic rings. The van der Waals surface area contributed by atoms with Crippen LogP contribution in [0.3, 0.4) is 0 Å². The van der Waals surface area contributed by atoms with Crippen molar-refractivity contribution in [3.05, 3.63) is 75.5 Å². The molecule has 0 aliphatic carbocycles. The first-order valence-electron chi connectivity index (χ1n) is 8.32. The molecule has 7 nitrogen and oxygen atoms in total. The number of carbonyl (C=O) groups is 1. The highest BCUT2D eigenvalue weighted by Gasteiger charge is 2.19. The van der Waals surface area contributed by atoms with Crippen molar-refractivity contribution in [2.75, 3.05) is 6.61 Å². The van der Waals surface area contributed by atoms with Crippen LogP contribution < -0.4 is 10.9 Å². The number of hydrogen-bond acceptors (Lipinski definition) is 5. The first kappa shape index (κ1) is 19.7. The van der Waals surface area contributed by atoms with E-state index in [1.54, 1.807) is 31.2 Å². The van der Waals surface area contributed by atoms with Crippen LogP contribution >= 0.6 is 11.6 Å². The summed E-state index contributed by atoms with van der Waals surface area (Å²) in [4.78, 5) is 29.1. The lowest BCUT2D eigenvalue weighted by Crippen LogP contribution is -2.39. The topological polar surface area (TPSA) is 97.1 Å². The second-order valence-corrected chi connectivity index (χ2v) is 6.52. The van der Waals surface area contributed by atoms with Crippen LogP contribution in [-0.4, -0.2) is 38.4 Å². The van der Waals surface area contributed by atoms with Crippen molar-refractivity contribution in [1.29, 1.82) is 0 Å². The van der Waals surface area contributed by atoms with Crippen molar-refractivity contribution >= 4 is 17.5 Å². The van der Waals surface area contributed by atoms with Gasteiger partial charge in [-0.25, -0.2) is 4.39 Å². The minimum atomic E-state index is -0.743. The van der Waals surface area contributed by atoms with Gasteiger partial charge in [-0.2, -0.15) is 9.78 Å². The molecule has 0 spiro atoms. The normalized spacial score (nSPS) is 11.9. The third kappa shape index (κ3) is 4.24. The van der Waals surface area contributed by atoms with E-state index >= 15 is 0 Å². The number of halogens is 2. The van der Waals surface area contributed by atoms with Crippen LogP contribution in [0, 0.1) is 5.82 Å². The maximum absolute atomic E-state index is 13.6. The summed E-state index contributed by atoms with van der Waals surface area (Å²) in [5.41, 5.74) is 0.0384. The molecule has 0 saturated carbocycles. The van der Waals surface area contributed by atoms with Crippen LogP contribution in [0.2, 0.25) is 5.02 Å². The molecule has 1 atom stereocenters. The van der Waals surface area contributed by atoms with Gasteiger partial charge in [0.1, 0.15) is 11.4 Å². The van der Waals surface area contributed by atoms with Gasteiger partial charge in [0.15, 0.2) is 0 Å². The van der Waals surface area contributed by atoms with Gasteiger partial charge >= 0.3 is 0 Å². The van der Waals surface area contributed by atoms with Gasteiger partial charge in [0.25, 0.3) is 11.5 Å². The number of amides is 1. The zero-order valence-corrected chi connectivity index (χ0v) is 15.5. The summed E-state index contributed by atoms with van der Waals surface area (Å²) < 4.78 is 14.5. The first-order valence-corrected chi connectivity index (χ1v) is 8.70. The summed E-state index contributed by atoms with van der Waals surface area (Å²) in [7, 11) is 0. The number of nitrogens with zero attached hydrogens (tertiary/aromatic N) is 3. The van der Waals surface area contributed by atoms with Crippen LogP contribution in [0.15, 0.2) is 53.6 Å². The van der Waals surface area contributed by atoms with Crippen molar-refractivity contribution in [2.24, 2.45) is 0 Å². The molecule has 3 rings (SSSR count). The van der Waals surface area contributed by atoms with Crippen molar-refractivity contribution in [1.82, 2.24) is 20.1 Å². The zero-order chi connectivity index (χ0) is 20.3. The highest BCUT2D eigenvalue weighted by molar-refractivity contribution is 6.30. The molecule has 0 bridgehead atoms. The number of benzene rings is 1. The fraction of sp³-hybridized carbons (Fsp3) is 0.158. The number of carbonyl (C=O) groups excluding carboxylic acids is 1. The van der Waals surface area contributed by atoms with Crippen molar-refractivity contribution < 1.29 is 14.3 Å². The Morgan fingerprint density at radius 1 is 1.29 bits per heavy atom. The summed E-state index contributed by atoms with van der Waals surface area (Å²) in [5, 5.41) is 16.4. The summed E-state index contributed by atoms with van der Waals surface area (Å²) >= 11 is 5.91. The average Bonchev–Trinajstić information content (AvgIpc) is 2.68. The van der Waals surface area contributed by atoms with Gasteiger partial charge in [0.05, 0.1) is 30.4 Å². The molecule has 0 unspecified atom stereocenters. The number of hydrogen-bond donors (Lipinski definition) is 2. The fourth-order valence-electron chi connectivity index (χ4n) is 2.46. The lowest BCUT2D eigenvalue weighted by Gasteiger charge is -2.13. The summed E-state index contributed by atoms with van der Waals surface area (Å²) in [6.45, 7) is 1.30. The summed E-state index contributed by atoms with van der Waals surface area (Å²) in [6, 6.07) is 8.53. The van der Waals surface area contributed by atoms with Gasteiger partial charge in [0.2, 0.25) is 0 Å². The molecule has 9 heteroatoms. The van der Waals surface area contributed by atoms with Crippen molar-refractivity contribution in [2.45, 2.75) is 13.0 Å². The third-order valence-electron chi connectivity index (χ3n) is 3.88. The van der Waals surface area contributed by atoms with E-state index in [2.05, 4.69) is 15.4 Å². The second-order valence-electron chi connectivity index (χ2n) is 6.09. The molecule has 3 aromatic rings. The van der Waals surface area contributed by atoms with Gasteiger partial charge in [0, 0.05) is 22.7 Å². The largest absolute Gasteiger partial charge is 0.394 e. The Bertz CT molecular complexity index is 1070. The molecule has 144 valence electrons. The minimum absolute atomic E-state index is 0.0741. The number of aliphatic hydroxyl groups is 1. The zero-order valence-electron chi connectivity index (χ0n) is 14.8. The molecule has 2 heterocycles. The minimum Gasteiger partial charge on any atom is -0.394 e. The van der Waals surface area contributed by atoms with E-state index in [0.717, 1.165) is 16.9 Å². The number of rotatable bonds is 5. The fourth-order valence-corrected chi connectivity index (χ4v) is 2.58. The van der Waals surface area contributed by atoms with Crippen LogP contribution in [-0.2, 0) is 0 Å². The monoisotopic (exact) mass is 402 g/mol. The third-order valence-corrected chi connectivity index (χ3v) is 4.13. The van der Waals surface area contributed by atoms with Crippen LogP contribution in [0.1, 0.15) is 17.3 Å². The van der Waals surface area contributed by atoms with Gasteiger partial charge in [-0.1, -0.05) is 23.7 Å². The van der Waals surface area contributed by atoms with Gasteiger partial charge in [-0.05, 0) is 25.1 Å². The number of aromatic nitrogens is 3. The van der Waals surface area contributed by atoms with Crippen molar-refractivity contribution in [3.63, 3.8) is 0 Å². The quantitative estimate of drug-likeness (QED) is 0.682. The maximum Gasteiger partial charge on any atom is 0.284 e. The molecular weight excluding hydrogens is 387 g/mol. The molecule has 28 heavy (non-hydrogen) atoms. The Morgan fingerprint density at radius 3 is 2.64 bits per heavy atom. The molecule has 0 saturated heterocycles. The van der Waals surface area contributed by atoms with Gasteiger partial charge in [-0.15, -0.1) is 0 Å². The second kappa shape index (κ2) is 8.28. The van der Waals surface area contributed by atoms with E-state index in [9.17, 15) is 14.0 Å². The average molecular weight is 403 g/mol. The highest BCUT2D eigenvalue weighted by atomic mass is 35.5. The van der Waals surface area contributed by atoms with E-state index in [1.807, 2.05) is 0 Å². The van der Waals surface area contributed by atoms with Crippen LogP contribution in [0.5, 0.6) is 0 Å². The SMILES string of the molecule is C[C@H](CO)NC(=O)c1cc(-c2ccc(Cl)cc2)nn(-c2cncc(F)c2)c1=O. The Kier molecular flexibility index (Phi) is 5.81. The number of pyridine rings is 1. The summed E-state index contributed by atoms with van der Waals surface area (Å²) in [6.07, 6.45) is 2.26. The predicted molar refractivity (Wildman–Crippen MR) is 102 cm³/mol. The smallest absolute Gasteiger partial charge is 0.284 e. The molecule has 2 aromatic heterocycles. The van der Waals surface area contributed by atoms with Gasteiger partial charge in [-0.3, -0.25) is 14.6 Å². The number of nitrogens with one attached hydrogen (secondary N) is 1. The van der Waals surface area contributed by atoms with E-state index in [4.69, 9.17) is 16.7 Å². The Balaban J connectivity index is 2.19. The molecule has 0 fully saturated rings. The predicted octanol–water partition coefficient (Wildman–Crippen LogP) is 2.20. The van der Waals surface area contributed by atoms with Crippen molar-refractivity contribution in [3.8, 4) is 16.9 Å². The van der Waals surface area contributed by atoms with Crippen LogP contribution in [0.25, 0.3) is 16.9 Å². The van der Waals surface area contributed by atoms with Crippen LogP contribution in [0.4, 0.5) is 4.39 Å². The molecular formula is C19H16ClFN4O3. The maximum atomic E-state index is 13.6. The lowest BCUT2D eigenvalue weighted by molar-refractivity contribution is 0.0920. The lowest BCUT2D eigenvalue weighted by atomic mass is 10.1. The Hall–Kier alpha value is -3.10. The van der Waals surface area contributed by atoms with E-state index < -0.39 is 23.3 Å². The molecule has 1 amide bonds. The summed E-state index contributed by atoms with van der Waals surface area (Å²) in [5.74, 6) is -1.33. The Morgan fingerprint density at radius 2 is 2.00 bits per heavy atom. The number of aliphatic hydroxyl groups excluding tert-OH is 1. The molecule has 0 radical (unpaired) electrons. The van der Waals surface area contributed by atoms with E-state index in [0.29, 0.717) is 16.3 Å². The molecule has 1 aromatic carbocycles. The standard InChI is InChI=1S/C19H16ClFN4O3/c1-11(10-26)23-18(27)16-7-17(12-2-4-13(20)5-3-12)24-25(19(16)28)15-6-14(21)8-22-9-15/h2-9,11,26H,10H2,1H3,(H,23,27)/t11-/m1/s1. The molecule has 0 aliphatic heterocycles. The van der Waals surface area contributed by atoms with Gasteiger partial charge < -0.3 is 10.4 Å². The first-order chi connectivity index (χ1) is 13.4. The van der Waals surface area contributed by atoms with E-state index in [1.165, 1.54) is 12.3 Å².